The van der Waals surface area contributed by atoms with E-state index in [9.17, 15) is 0 Å². The first kappa shape index (κ1) is 6.95. The summed E-state index contributed by atoms with van der Waals surface area (Å²) in [5.41, 5.74) is 0. The van der Waals surface area contributed by atoms with E-state index in [-0.39, 0.29) is 0 Å². The second-order valence-corrected chi connectivity index (χ2v) is 1.72. The molecule has 0 heterocycles. The minimum Gasteiger partial charge on any atom is -0.300 e. The van der Waals surface area contributed by atoms with Crippen LogP contribution < -0.4 is 5.90 Å². The van der Waals surface area contributed by atoms with E-state index in [2.05, 4.69) is 10.7 Å². The molecule has 0 aromatic rings. The Kier molecular flexibility index (Phi) is 4.09. The van der Waals surface area contributed by atoms with Gasteiger partial charge in [0.1, 0.15) is 0 Å². The average molecular weight is 122 g/mol. The summed E-state index contributed by atoms with van der Waals surface area (Å²) in [6, 6.07) is 0. The zero-order valence-corrected chi connectivity index (χ0v) is 4.90. The number of nitrogens with two attached hydrogens (primary N) is 1. The Morgan fingerprint density at radius 1 is 2.00 bits per heavy atom. The van der Waals surface area contributed by atoms with Crippen molar-refractivity contribution in [3.8, 4) is 0 Å². The number of hydrogen-bond acceptors (Lipinski definition) is 2. The van der Waals surface area contributed by atoms with Gasteiger partial charge in [-0.25, -0.2) is 5.90 Å². The van der Waals surface area contributed by atoms with Crippen molar-refractivity contribution in [2.75, 3.05) is 6.61 Å². The average Bonchev–Trinajstić information content (AvgIpc) is 1.61. The van der Waals surface area contributed by atoms with E-state index in [1.54, 1.807) is 13.0 Å². The van der Waals surface area contributed by atoms with Crippen molar-refractivity contribution in [3.63, 3.8) is 0 Å². The second-order valence-electron chi connectivity index (χ2n) is 1.12. The minimum absolute atomic E-state index is 0.384. The van der Waals surface area contributed by atoms with Gasteiger partial charge in [0.15, 0.2) is 0 Å². The number of rotatable bonds is 2. The van der Waals surface area contributed by atoms with Gasteiger partial charge < -0.3 is 4.84 Å². The minimum atomic E-state index is 0.384. The molecule has 0 bridgehead atoms. The molecule has 2 nitrogen and oxygen atoms in total. The Hall–Kier alpha value is -0.0500. The number of halogens is 1. The van der Waals surface area contributed by atoms with E-state index in [0.29, 0.717) is 11.6 Å². The molecule has 3 heteroatoms. The molecule has 0 atom stereocenters. The van der Waals surface area contributed by atoms with Crippen LogP contribution in [0, 0.1) is 0 Å². The lowest BCUT2D eigenvalue weighted by molar-refractivity contribution is 0.167. The van der Waals surface area contributed by atoms with Gasteiger partial charge in [-0.05, 0) is 13.0 Å². The fourth-order valence-electron chi connectivity index (χ4n) is 0.163. The molecule has 0 saturated heterocycles. The van der Waals surface area contributed by atoms with Gasteiger partial charge >= 0.3 is 0 Å². The van der Waals surface area contributed by atoms with E-state index < -0.39 is 0 Å². The van der Waals surface area contributed by atoms with Gasteiger partial charge in [-0.3, -0.25) is 0 Å². The van der Waals surface area contributed by atoms with Gasteiger partial charge in [-0.2, -0.15) is 0 Å². The van der Waals surface area contributed by atoms with E-state index >= 15 is 0 Å². The van der Waals surface area contributed by atoms with Crippen LogP contribution in [0.4, 0.5) is 0 Å². The Morgan fingerprint density at radius 3 is 2.71 bits per heavy atom. The van der Waals surface area contributed by atoms with Crippen molar-refractivity contribution in [2.24, 2.45) is 5.90 Å². The molecule has 0 aliphatic rings. The van der Waals surface area contributed by atoms with Gasteiger partial charge in [0.25, 0.3) is 0 Å². The number of hydrogen-bond donors (Lipinski definition) is 1. The van der Waals surface area contributed by atoms with E-state index in [1.165, 1.54) is 0 Å². The highest BCUT2D eigenvalue weighted by molar-refractivity contribution is 6.29. The Balaban J connectivity index is 3.08. The van der Waals surface area contributed by atoms with E-state index in [4.69, 9.17) is 11.6 Å². The quantitative estimate of drug-likeness (QED) is 0.554. The smallest absolute Gasteiger partial charge is 0.0874 e. The summed E-state index contributed by atoms with van der Waals surface area (Å²) in [6.45, 7) is 2.15. The zero-order chi connectivity index (χ0) is 5.70. The molecule has 0 amide bonds. The molecule has 0 radical (unpaired) electrons. The van der Waals surface area contributed by atoms with Crippen molar-refractivity contribution in [2.45, 2.75) is 6.92 Å². The molecule has 7 heavy (non-hydrogen) atoms. The van der Waals surface area contributed by atoms with Gasteiger partial charge in [0.2, 0.25) is 0 Å². The highest BCUT2D eigenvalue weighted by Crippen LogP contribution is 1.95. The molecule has 0 fully saturated rings. The van der Waals surface area contributed by atoms with Crippen LogP contribution in [0.5, 0.6) is 0 Å². The third-order valence-electron chi connectivity index (χ3n) is 0.461. The molecule has 0 spiro atoms. The van der Waals surface area contributed by atoms with Crippen molar-refractivity contribution < 1.29 is 4.84 Å². The van der Waals surface area contributed by atoms with Gasteiger partial charge in [-0.15, -0.1) is 0 Å². The summed E-state index contributed by atoms with van der Waals surface area (Å²) in [7, 11) is 0. The molecule has 0 saturated carbocycles. The predicted octanol–water partition coefficient (Wildman–Crippen LogP) is 1.02. The topological polar surface area (TPSA) is 35.2 Å². The molecule has 0 aliphatic heterocycles. The second kappa shape index (κ2) is 4.12. The van der Waals surface area contributed by atoms with Crippen LogP contribution >= 0.6 is 11.6 Å². The maximum absolute atomic E-state index is 5.38. The van der Waals surface area contributed by atoms with Crippen LogP contribution in [0.3, 0.4) is 0 Å². The van der Waals surface area contributed by atoms with Crippen LogP contribution in [-0.2, 0) is 4.84 Å². The van der Waals surface area contributed by atoms with Crippen molar-refractivity contribution >= 4 is 11.6 Å². The highest BCUT2D eigenvalue weighted by atomic mass is 35.5. The third kappa shape index (κ3) is 5.95. The molecule has 42 valence electrons. The molecular weight excluding hydrogens is 114 g/mol. The zero-order valence-electron chi connectivity index (χ0n) is 4.15. The molecule has 0 rings (SSSR count). The summed E-state index contributed by atoms with van der Waals surface area (Å²) in [4.78, 5) is 4.19. The molecule has 0 unspecified atom stereocenters. The van der Waals surface area contributed by atoms with Crippen LogP contribution in [0.2, 0.25) is 0 Å². The normalized spacial score (nSPS) is 12.1. The molecule has 0 aliphatic carbocycles. The highest BCUT2D eigenvalue weighted by Gasteiger charge is 1.75. The first-order chi connectivity index (χ1) is 3.27. The largest absolute Gasteiger partial charge is 0.300 e. The maximum Gasteiger partial charge on any atom is 0.0874 e. The van der Waals surface area contributed by atoms with Gasteiger partial charge in [0, 0.05) is 5.03 Å². The SMILES string of the molecule is CC(Cl)=CCON. The molecule has 0 aromatic heterocycles. The van der Waals surface area contributed by atoms with E-state index in [1.807, 2.05) is 0 Å². The standard InChI is InChI=1S/C4H8ClNO/c1-4(5)2-3-7-6/h2H,3,6H2,1H3. The lowest BCUT2D eigenvalue weighted by Gasteiger charge is -1.85. The van der Waals surface area contributed by atoms with Crippen LogP contribution in [0.1, 0.15) is 6.92 Å². The fourth-order valence-corrected chi connectivity index (χ4v) is 0.226. The lowest BCUT2D eigenvalue weighted by Crippen LogP contribution is -1.97. The van der Waals surface area contributed by atoms with Crippen LogP contribution in [0.15, 0.2) is 11.1 Å². The summed E-state index contributed by atoms with van der Waals surface area (Å²) in [6.07, 6.45) is 1.68. The van der Waals surface area contributed by atoms with E-state index in [0.717, 1.165) is 0 Å². The van der Waals surface area contributed by atoms with Crippen LogP contribution in [-0.4, -0.2) is 6.61 Å². The summed E-state index contributed by atoms with van der Waals surface area (Å²) in [5, 5.41) is 0.699. The summed E-state index contributed by atoms with van der Waals surface area (Å²) >= 11 is 5.38. The summed E-state index contributed by atoms with van der Waals surface area (Å²) < 4.78 is 0. The lowest BCUT2D eigenvalue weighted by atomic mass is 10.5. The summed E-state index contributed by atoms with van der Waals surface area (Å²) in [5.74, 6) is 4.67. The van der Waals surface area contributed by atoms with Gasteiger partial charge in [0.05, 0.1) is 6.61 Å². The van der Waals surface area contributed by atoms with Crippen molar-refractivity contribution in [1.82, 2.24) is 0 Å². The molecule has 2 N–H and O–H groups in total. The third-order valence-corrected chi connectivity index (χ3v) is 0.615. The number of allylic oxidation sites excluding steroid dienone is 1. The Bertz CT molecular complexity index is 68.1. The molecular formula is C4H8ClNO. The first-order valence-electron chi connectivity index (χ1n) is 1.91. The molecule has 0 aromatic carbocycles. The Labute approximate surface area is 47.9 Å². The fraction of sp³-hybridized carbons (Fsp3) is 0.500. The predicted molar refractivity (Wildman–Crippen MR) is 29.7 cm³/mol. The van der Waals surface area contributed by atoms with Gasteiger partial charge in [-0.1, -0.05) is 11.6 Å². The Morgan fingerprint density at radius 2 is 2.57 bits per heavy atom. The van der Waals surface area contributed by atoms with Crippen molar-refractivity contribution in [3.05, 3.63) is 11.1 Å². The van der Waals surface area contributed by atoms with Crippen molar-refractivity contribution in [1.29, 1.82) is 0 Å². The van der Waals surface area contributed by atoms with Crippen LogP contribution in [0.25, 0.3) is 0 Å². The first-order valence-corrected chi connectivity index (χ1v) is 2.29. The monoisotopic (exact) mass is 121 g/mol. The maximum atomic E-state index is 5.38.